The van der Waals surface area contributed by atoms with Crippen molar-refractivity contribution in [2.75, 3.05) is 0 Å². The van der Waals surface area contributed by atoms with Gasteiger partial charge in [0, 0.05) is 101 Å². The second kappa shape index (κ2) is 36.1. The Labute approximate surface area is 781 Å². The monoisotopic (exact) mass is 1760 g/mol. The molecule has 5 aliphatic rings. The van der Waals surface area contributed by atoms with Gasteiger partial charge in [0.2, 0.25) is 28.5 Å². The van der Waals surface area contributed by atoms with E-state index in [0.717, 1.165) is 117 Å². The van der Waals surface area contributed by atoms with Crippen LogP contribution in [0.3, 0.4) is 0 Å². The molecule has 0 amide bonds. The molecule has 0 saturated heterocycles. The smallest absolute Gasteiger partial charge is 0.230 e. The maximum Gasteiger partial charge on any atom is 0.230 e. The number of benzene rings is 8. The van der Waals surface area contributed by atoms with Gasteiger partial charge >= 0.3 is 0 Å². The molecule has 0 aliphatic carbocycles. The lowest BCUT2D eigenvalue weighted by Gasteiger charge is -2.25. The third kappa shape index (κ3) is 15.8. The Hall–Kier alpha value is -14.3. The predicted octanol–water partition coefficient (Wildman–Crippen LogP) is 27.2. The second-order valence-electron chi connectivity index (χ2n) is 38.0. The average molecular weight is 1760 g/mol. The fourth-order valence-corrected chi connectivity index (χ4v) is 21.3. The highest BCUT2D eigenvalue weighted by molar-refractivity contribution is 5.88. The minimum Gasteiger partial charge on any atom is -0.307 e. The first-order valence-electron chi connectivity index (χ1n) is 47.2. The molecule has 18 aromatic rings. The highest BCUT2D eigenvalue weighted by Gasteiger charge is 2.41. The fourth-order valence-electron chi connectivity index (χ4n) is 21.3. The molecule has 0 atom stereocenters. The normalized spacial score (nSPS) is 12.4. The van der Waals surface area contributed by atoms with Gasteiger partial charge in [-0.15, -0.1) is 0 Å². The van der Waals surface area contributed by atoms with Crippen LogP contribution in [0.15, 0.2) is 316 Å². The van der Waals surface area contributed by atoms with Crippen LogP contribution in [0, 0.1) is 66.3 Å². The lowest BCUT2D eigenvalue weighted by molar-refractivity contribution is -0.672. The van der Waals surface area contributed by atoms with E-state index < -0.39 is 0 Å². The molecule has 0 N–H and O–H groups in total. The van der Waals surface area contributed by atoms with Crippen LogP contribution in [0.1, 0.15) is 194 Å². The van der Waals surface area contributed by atoms with E-state index in [-0.39, 0.29) is 17.8 Å². The van der Waals surface area contributed by atoms with E-state index in [1.807, 2.05) is 71.6 Å². The van der Waals surface area contributed by atoms with Crippen LogP contribution >= 0.6 is 0 Å². The number of hydrogen-bond acceptors (Lipinski definition) is 0. The number of aryl methyl sites for hydroxylation is 3. The maximum atomic E-state index is 15.1. The van der Waals surface area contributed by atoms with Gasteiger partial charge in [-0.05, 0) is 199 Å². The van der Waals surface area contributed by atoms with Gasteiger partial charge in [0.1, 0.15) is 28.5 Å². The molecular weight excluding hydrogens is 1640 g/mol. The van der Waals surface area contributed by atoms with Crippen molar-refractivity contribution in [2.45, 2.75) is 180 Å². The quantitative estimate of drug-likeness (QED) is 0.103. The zero-order chi connectivity index (χ0) is 92.6. The van der Waals surface area contributed by atoms with Crippen LogP contribution in [0.4, 0.5) is 13.2 Å². The Morgan fingerprint density at radius 2 is 0.556 bits per heavy atom. The molecule has 664 valence electrons. The summed E-state index contributed by atoms with van der Waals surface area (Å²) in [5, 5.41) is 0. The lowest BCUT2D eigenvalue weighted by atomic mass is 9.88. The summed E-state index contributed by atoms with van der Waals surface area (Å²) in [6, 6.07) is 98.9. The first kappa shape index (κ1) is 88.0. The number of para-hydroxylation sites is 3. The molecule has 0 radical (unpaired) electrons. The molecule has 15 heterocycles. The van der Waals surface area contributed by atoms with E-state index in [1.165, 1.54) is 129 Å². The van der Waals surface area contributed by atoms with E-state index >= 15 is 4.39 Å². The zero-order valence-corrected chi connectivity index (χ0v) is 79.6. The molecule has 0 unspecified atom stereocenters. The van der Waals surface area contributed by atoms with E-state index in [1.54, 1.807) is 27.3 Å². The standard InChI is InChI=1S/C30H25N2.C30H33N2.C22H24FN2.2C19H18FN2/c1-21-22(2)32(30-27(21)20-31-19-10-9-18-28(30)31)29-25(23-12-5-3-6-13-23)16-11-17-26(29)24-14-7-4-8-15-24;1-19(2)25-16-24(23-12-8-7-9-13-23)17-26(20(3)4)29(25)32-22(6)21(5)27-18-31-15-11-10-14-28(31)30(27)32;1-14(2)17-8-7-9-18(15(3)4)22(17)25-20(23)12-16-13-24-11-6-5-10-19(24)21(16)25;1-12-8-13(2)18(14(3)9-12)22-17(20)10-15-11-21-7-5-4-6-16(21)19(15)22;1-13(2)15-7-3-4-8-16(15)22-18(20)11-14-12-21-10-6-5-9-17(21)19(14)22/h3-19H,20H2,1-2H3;7-17,19-20H,18H2,1-6H3;5-12,14-15H,13H2,1-4H3;4-10H,11H2,1-3H3;3-11,13H,12H2,1-2H3/q5*+1. The highest BCUT2D eigenvalue weighted by Crippen LogP contribution is 2.48. The van der Waals surface area contributed by atoms with Gasteiger partial charge in [-0.2, -0.15) is 36.0 Å². The van der Waals surface area contributed by atoms with Crippen LogP contribution in [-0.2, 0) is 32.7 Å². The summed E-state index contributed by atoms with van der Waals surface area (Å²) in [4.78, 5) is 0. The van der Waals surface area contributed by atoms with Crippen molar-refractivity contribution < 1.29 is 36.0 Å². The lowest BCUT2D eigenvalue weighted by Crippen LogP contribution is -2.32. The molecule has 0 fully saturated rings. The summed E-state index contributed by atoms with van der Waals surface area (Å²) in [7, 11) is 0. The van der Waals surface area contributed by atoms with Crippen LogP contribution in [-0.4, -0.2) is 22.8 Å². The van der Waals surface area contributed by atoms with E-state index in [0.29, 0.717) is 29.6 Å². The van der Waals surface area contributed by atoms with E-state index in [4.69, 9.17) is 0 Å². The van der Waals surface area contributed by atoms with Gasteiger partial charge < -0.3 is 9.13 Å². The summed E-state index contributed by atoms with van der Waals surface area (Å²) < 4.78 is 66.2. The Morgan fingerprint density at radius 1 is 0.248 bits per heavy atom. The fraction of sp³-hybridized carbons (Fsp3) is 0.225. The summed E-state index contributed by atoms with van der Waals surface area (Å²) >= 11 is 0. The Kier molecular flexibility index (Phi) is 23.9. The first-order valence-corrected chi connectivity index (χ1v) is 47.2. The highest BCUT2D eigenvalue weighted by atomic mass is 19.1. The van der Waals surface area contributed by atoms with Crippen molar-refractivity contribution in [3.8, 4) is 119 Å². The number of nitrogens with zero attached hydrogens (tertiary/aromatic N) is 10. The van der Waals surface area contributed by atoms with Crippen molar-refractivity contribution in [3.05, 3.63) is 429 Å². The number of pyridine rings is 5. The van der Waals surface area contributed by atoms with Gasteiger partial charge in [-0.1, -0.05) is 233 Å². The summed E-state index contributed by atoms with van der Waals surface area (Å²) in [6.45, 7) is 41.7. The number of aromatic nitrogens is 10. The van der Waals surface area contributed by atoms with Crippen molar-refractivity contribution in [3.63, 3.8) is 0 Å². The largest absolute Gasteiger partial charge is 0.307 e. The molecule has 23 rings (SSSR count). The Bertz CT molecular complexity index is 7370. The minimum atomic E-state index is -0.187. The molecule has 0 spiro atoms. The van der Waals surface area contributed by atoms with Crippen LogP contribution < -0.4 is 22.8 Å². The summed E-state index contributed by atoms with van der Waals surface area (Å²) in [5.41, 5.74) is 45.9. The molecular formula is C120H118F3N10+5. The van der Waals surface area contributed by atoms with Crippen LogP contribution in [0.2, 0.25) is 0 Å². The van der Waals surface area contributed by atoms with Crippen molar-refractivity contribution in [2.24, 2.45) is 0 Å². The summed E-state index contributed by atoms with van der Waals surface area (Å²) in [5.74, 6) is 1.31. The molecule has 10 nitrogen and oxygen atoms in total. The number of halogens is 3. The van der Waals surface area contributed by atoms with E-state index in [2.05, 4.69) is 381 Å². The SMILES string of the molecule is CC(C)c1cccc(C(C)C)c1-n1c(F)cc2c1-c1cccc[n+]1C2.CC(C)c1ccccc1-n1c(F)cc2c1-c1cccc[n+]1C2.Cc1c2c(n(-c3c(-c4ccccc4)cccc3-c3ccccc3)c1C)-c1cccc[n+]1C2.Cc1c2c(n(-c3c(C(C)C)cc(-c4ccccc4)cc3C(C)C)c1C)-c1cccc[n+]1C2.Cc1cc(C)c(-n2c(F)cc3c2-c2cccc[n+]2C3)c(C)c1. The van der Waals surface area contributed by atoms with Crippen molar-refractivity contribution in [1.82, 2.24) is 22.8 Å². The molecule has 133 heavy (non-hydrogen) atoms. The second-order valence-corrected chi connectivity index (χ2v) is 38.0. The Morgan fingerprint density at radius 3 is 0.955 bits per heavy atom. The zero-order valence-electron chi connectivity index (χ0n) is 79.6. The van der Waals surface area contributed by atoms with Crippen LogP contribution in [0.5, 0.6) is 0 Å². The molecule has 5 aliphatic heterocycles. The molecule has 0 bridgehead atoms. The van der Waals surface area contributed by atoms with Crippen LogP contribution in [0.25, 0.3) is 119 Å². The maximum absolute atomic E-state index is 15.1. The number of rotatable bonds is 13. The third-order valence-electron chi connectivity index (χ3n) is 27.8. The molecule has 8 aromatic carbocycles. The number of fused-ring (bicyclic) bond motifs is 15. The Balaban J connectivity index is 0.000000108. The number of hydrogen-bond donors (Lipinski definition) is 0. The van der Waals surface area contributed by atoms with E-state index in [9.17, 15) is 8.78 Å². The third-order valence-corrected chi connectivity index (χ3v) is 27.8. The van der Waals surface area contributed by atoms with Gasteiger partial charge in [0.15, 0.2) is 81.6 Å². The van der Waals surface area contributed by atoms with Gasteiger partial charge in [-0.3, -0.25) is 13.7 Å². The minimum absolute atomic E-state index is 0.171. The predicted molar refractivity (Wildman–Crippen MR) is 532 cm³/mol. The van der Waals surface area contributed by atoms with Gasteiger partial charge in [-0.25, -0.2) is 0 Å². The molecule has 10 aromatic heterocycles. The summed E-state index contributed by atoms with van der Waals surface area (Å²) in [6.07, 6.45) is 10.6. The van der Waals surface area contributed by atoms with Crippen molar-refractivity contribution >= 4 is 0 Å². The topological polar surface area (TPSA) is 44.0 Å². The van der Waals surface area contributed by atoms with Gasteiger partial charge in [0.05, 0.1) is 56.3 Å². The molecule has 13 heteroatoms. The molecule has 0 saturated carbocycles. The van der Waals surface area contributed by atoms with Crippen molar-refractivity contribution in [1.29, 1.82) is 0 Å². The first-order chi connectivity index (χ1) is 64.3. The van der Waals surface area contributed by atoms with Gasteiger partial charge in [0.25, 0.3) is 0 Å². The average Bonchev–Trinajstić information content (AvgIpc) is 1.57.